The fourth-order valence-corrected chi connectivity index (χ4v) is 4.17. The van der Waals surface area contributed by atoms with Crippen molar-refractivity contribution >= 4 is 28.5 Å². The van der Waals surface area contributed by atoms with E-state index in [2.05, 4.69) is 4.57 Å². The molecular weight excluding hydrogens is 507 g/mol. The third kappa shape index (κ3) is 6.97. The number of aldehydes is 1. The molecule has 0 amide bonds. The van der Waals surface area contributed by atoms with E-state index in [1.807, 2.05) is 35.4 Å². The summed E-state index contributed by atoms with van der Waals surface area (Å²) in [6, 6.07) is 7.72. The Labute approximate surface area is 214 Å². The Morgan fingerprint density at radius 3 is 2.03 bits per heavy atom. The van der Waals surface area contributed by atoms with Crippen LogP contribution in [0.4, 0.5) is 0 Å². The molecular formula is C26H31MnN2O7-. The van der Waals surface area contributed by atoms with Gasteiger partial charge in [-0.05, 0) is 61.8 Å². The quantitative estimate of drug-likeness (QED) is 0.201. The van der Waals surface area contributed by atoms with E-state index >= 15 is 0 Å². The van der Waals surface area contributed by atoms with Gasteiger partial charge in [-0.25, -0.2) is 6.61 Å². The first-order valence-corrected chi connectivity index (χ1v) is 13.2. The molecule has 1 saturated heterocycles. The number of furan rings is 2. The molecule has 3 fully saturated rings. The van der Waals surface area contributed by atoms with Crippen molar-refractivity contribution in [1.82, 2.24) is 9.13 Å². The van der Waals surface area contributed by atoms with E-state index in [4.69, 9.17) is 21.2 Å². The van der Waals surface area contributed by atoms with E-state index < -0.39 is 14.8 Å². The van der Waals surface area contributed by atoms with Crippen LogP contribution in [0.5, 0.6) is 0 Å². The fraction of sp³-hybridized carbons (Fsp3) is 0.462. The van der Waals surface area contributed by atoms with Gasteiger partial charge in [-0.3, -0.25) is 4.79 Å². The van der Waals surface area contributed by atoms with E-state index in [1.165, 1.54) is 32.1 Å². The second kappa shape index (κ2) is 13.1. The average molecular weight is 538 g/mol. The van der Waals surface area contributed by atoms with Crippen LogP contribution in [0.25, 0.3) is 22.2 Å². The van der Waals surface area contributed by atoms with E-state index in [-0.39, 0.29) is 6.61 Å². The van der Waals surface area contributed by atoms with Crippen molar-refractivity contribution in [1.29, 1.82) is 0 Å². The van der Waals surface area contributed by atoms with Gasteiger partial charge in [0, 0.05) is 36.2 Å². The fourth-order valence-electron chi connectivity index (χ4n) is 4.17. The minimum atomic E-state index is -1.44. The number of carbonyl (C=O) groups is 1. The molecule has 0 aromatic carbocycles. The van der Waals surface area contributed by atoms with Crippen LogP contribution < -0.4 is 0 Å². The van der Waals surface area contributed by atoms with Gasteiger partial charge in [0.25, 0.3) is 0 Å². The first-order chi connectivity index (χ1) is 17.7. The standard InChI is InChI=1S/C11H13NO2.C11H11NO2.C4H7O.Mn.2O/c2*13-7-10-5-9-3-4-14-11(9)12(10)6-8-1-2-8;1-2-4-5-3-1;;;/h3-5,8,13H,1-2,6-7H2;3-5,7-8H,1-2,6H2;3H,1-2,4H2;;;/q;;-1;;;. The number of nitrogens with zero attached hydrogens (tertiary/aromatic N) is 2. The van der Waals surface area contributed by atoms with Gasteiger partial charge in [0.1, 0.15) is 0 Å². The van der Waals surface area contributed by atoms with Crippen molar-refractivity contribution in [2.45, 2.75) is 58.2 Å². The van der Waals surface area contributed by atoms with Crippen LogP contribution in [0, 0.1) is 18.4 Å². The van der Waals surface area contributed by atoms with Crippen LogP contribution in [0.2, 0.25) is 0 Å². The van der Waals surface area contributed by atoms with Crippen LogP contribution in [-0.2, 0) is 46.9 Å². The first-order valence-electron chi connectivity index (χ1n) is 12.2. The Balaban J connectivity index is 0.000000131. The topological polar surface area (TPSA) is 117 Å². The van der Waals surface area contributed by atoms with E-state index in [0.29, 0.717) is 0 Å². The number of carbonyl (C=O) groups excluding carboxylic acids is 1. The molecule has 1 N–H and O–H groups in total. The van der Waals surface area contributed by atoms with E-state index in [1.54, 1.807) is 12.5 Å². The Morgan fingerprint density at radius 2 is 1.56 bits per heavy atom. The molecule has 9 nitrogen and oxygen atoms in total. The SMILES string of the molecule is O=Cc1cc2ccoc2n1CC1CC1.OCc1cc2ccoc2n1CC1CC1.[CH-]1CCCO1.[O]=[Mn]=[O]. The molecule has 4 aromatic heterocycles. The zero-order valence-corrected chi connectivity index (χ0v) is 21.2. The number of hydrogen-bond acceptors (Lipinski definition) is 7. The van der Waals surface area contributed by atoms with Crippen molar-refractivity contribution < 1.29 is 46.0 Å². The van der Waals surface area contributed by atoms with Crippen molar-refractivity contribution in [2.75, 3.05) is 6.61 Å². The van der Waals surface area contributed by atoms with Gasteiger partial charge in [0.2, 0.25) is 11.4 Å². The van der Waals surface area contributed by atoms with Crippen LogP contribution >= 0.6 is 0 Å². The Hall–Kier alpha value is -2.65. The molecule has 0 spiro atoms. The number of rotatable bonds is 6. The summed E-state index contributed by atoms with van der Waals surface area (Å²) in [5, 5.41) is 11.3. The number of ether oxygens (including phenoxy) is 1. The summed E-state index contributed by atoms with van der Waals surface area (Å²) in [6.45, 7) is 4.81. The van der Waals surface area contributed by atoms with Crippen LogP contribution in [-0.4, -0.2) is 27.1 Å². The Bertz CT molecular complexity index is 1270. The molecule has 2 aliphatic carbocycles. The van der Waals surface area contributed by atoms with Crippen LogP contribution in [0.1, 0.15) is 54.7 Å². The minimum absolute atomic E-state index is 0.0942. The molecule has 4 aromatic rings. The van der Waals surface area contributed by atoms with Gasteiger partial charge in [-0.1, -0.05) is 6.42 Å². The number of aliphatic hydroxyl groups excluding tert-OH is 1. The summed E-state index contributed by atoms with van der Waals surface area (Å²) >= 11 is -1.44. The molecule has 1 aliphatic heterocycles. The zero-order chi connectivity index (χ0) is 25.3. The van der Waals surface area contributed by atoms with Crippen molar-refractivity contribution in [2.24, 2.45) is 11.8 Å². The van der Waals surface area contributed by atoms with E-state index in [9.17, 15) is 9.90 Å². The molecule has 0 bridgehead atoms. The van der Waals surface area contributed by atoms with Gasteiger partial charge in [-0.15, -0.1) is 0 Å². The number of aliphatic hydroxyl groups is 1. The molecule has 0 atom stereocenters. The Morgan fingerprint density at radius 1 is 0.972 bits per heavy atom. The molecule has 2 saturated carbocycles. The average Bonchev–Trinajstić information content (AvgIpc) is 3.50. The maximum atomic E-state index is 10.8. The third-order valence-electron chi connectivity index (χ3n) is 6.38. The predicted molar refractivity (Wildman–Crippen MR) is 126 cm³/mol. The molecule has 0 unspecified atom stereocenters. The second-order valence-electron chi connectivity index (χ2n) is 9.19. The van der Waals surface area contributed by atoms with Crippen LogP contribution in [0.15, 0.2) is 45.6 Å². The van der Waals surface area contributed by atoms with Crippen molar-refractivity contribution in [3.05, 3.63) is 54.8 Å². The van der Waals surface area contributed by atoms with Gasteiger partial charge < -0.3 is 27.8 Å². The first kappa shape index (κ1) is 26.4. The summed E-state index contributed by atoms with van der Waals surface area (Å²) in [6.07, 6.45) is 11.8. The molecule has 0 radical (unpaired) electrons. The summed E-state index contributed by atoms with van der Waals surface area (Å²) < 4.78 is 36.5. The molecule has 7 rings (SSSR count). The second-order valence-corrected chi connectivity index (χ2v) is 9.39. The number of aromatic nitrogens is 2. The monoisotopic (exact) mass is 538 g/mol. The number of fused-ring (bicyclic) bond motifs is 2. The normalized spacial score (nSPS) is 16.5. The van der Waals surface area contributed by atoms with Gasteiger partial charge in [0.05, 0.1) is 24.8 Å². The Kier molecular flexibility index (Phi) is 9.58. The van der Waals surface area contributed by atoms with Crippen molar-refractivity contribution in [3.8, 4) is 0 Å². The third-order valence-corrected chi connectivity index (χ3v) is 6.38. The van der Waals surface area contributed by atoms with Crippen molar-refractivity contribution in [3.63, 3.8) is 0 Å². The summed E-state index contributed by atoms with van der Waals surface area (Å²) in [5.41, 5.74) is 3.43. The van der Waals surface area contributed by atoms with Crippen LogP contribution in [0.3, 0.4) is 0 Å². The molecule has 36 heavy (non-hydrogen) atoms. The van der Waals surface area contributed by atoms with Gasteiger partial charge in [0.15, 0.2) is 6.29 Å². The summed E-state index contributed by atoms with van der Waals surface area (Å²) in [7, 11) is 0. The maximum absolute atomic E-state index is 10.8. The summed E-state index contributed by atoms with van der Waals surface area (Å²) in [5.74, 6) is 1.54. The zero-order valence-electron chi connectivity index (χ0n) is 20.0. The molecule has 195 valence electrons. The molecule has 5 heterocycles. The van der Waals surface area contributed by atoms with Gasteiger partial charge in [-0.2, -0.15) is 6.42 Å². The van der Waals surface area contributed by atoms with E-state index in [0.717, 1.165) is 77.8 Å². The predicted octanol–water partition coefficient (Wildman–Crippen LogP) is 5.31. The summed E-state index contributed by atoms with van der Waals surface area (Å²) in [4.78, 5) is 10.8. The number of hydrogen-bond donors (Lipinski definition) is 1. The van der Waals surface area contributed by atoms with Gasteiger partial charge >= 0.3 is 22.5 Å². The molecule has 10 heteroatoms. The molecule has 3 aliphatic rings.